The van der Waals surface area contributed by atoms with Gasteiger partial charge < -0.3 is 15.0 Å². The zero-order valence-corrected chi connectivity index (χ0v) is 15.8. The fourth-order valence-corrected chi connectivity index (χ4v) is 3.73. The van der Waals surface area contributed by atoms with Crippen LogP contribution in [-0.4, -0.2) is 22.9 Å². The predicted octanol–water partition coefficient (Wildman–Crippen LogP) is 4.98. The molecule has 0 amide bonds. The van der Waals surface area contributed by atoms with Gasteiger partial charge in [-0.3, -0.25) is 9.78 Å². The molecule has 0 spiro atoms. The van der Waals surface area contributed by atoms with Crippen LogP contribution in [0.1, 0.15) is 36.3 Å². The highest BCUT2D eigenvalue weighted by Crippen LogP contribution is 2.43. The first kappa shape index (κ1) is 17.3. The van der Waals surface area contributed by atoms with Crippen molar-refractivity contribution < 1.29 is 9.53 Å². The minimum Gasteiger partial charge on any atom is -0.497 e. The number of Topliss-reactive ketones (excluding diaryl/α,β-unsaturated/α-hetero) is 1. The topological polar surface area (TPSA) is 67.0 Å². The van der Waals surface area contributed by atoms with Gasteiger partial charge in [-0.25, -0.2) is 0 Å². The fraction of sp³-hybridized carbons (Fsp3) is 0.273. The maximum Gasteiger partial charge on any atom is 0.167 e. The van der Waals surface area contributed by atoms with Crippen LogP contribution in [0.25, 0.3) is 11.3 Å². The van der Waals surface area contributed by atoms with Crippen molar-refractivity contribution >= 4 is 17.2 Å². The van der Waals surface area contributed by atoms with E-state index in [1.54, 1.807) is 19.5 Å². The number of fused-ring (bicyclic) bond motifs is 1. The number of pyridine rings is 1. The van der Waals surface area contributed by atoms with Crippen LogP contribution < -0.4 is 10.1 Å². The van der Waals surface area contributed by atoms with E-state index in [0.717, 1.165) is 46.1 Å². The van der Waals surface area contributed by atoms with E-state index >= 15 is 0 Å². The summed E-state index contributed by atoms with van der Waals surface area (Å²) in [6.07, 6.45) is 4.91. The fourth-order valence-electron chi connectivity index (χ4n) is 3.73. The third kappa shape index (κ3) is 3.33. The molecule has 138 valence electrons. The minimum absolute atomic E-state index is 0.0398. The highest BCUT2D eigenvalue weighted by atomic mass is 16.5. The molecule has 0 saturated heterocycles. The number of carbonyl (C=O) groups excluding carboxylic acids is 1. The second-order valence-corrected chi connectivity index (χ2v) is 7.76. The molecule has 2 heterocycles. The molecular weight excluding hydrogens is 338 g/mol. The quantitative estimate of drug-likeness (QED) is 0.687. The molecule has 0 radical (unpaired) electrons. The summed E-state index contributed by atoms with van der Waals surface area (Å²) in [6, 6.07) is 11.6. The number of nitrogens with zero attached hydrogens (tertiary/aromatic N) is 1. The Bertz CT molecular complexity index is 973. The minimum atomic E-state index is -0.0398. The number of ketones is 1. The lowest BCUT2D eigenvalue weighted by Gasteiger charge is -2.28. The van der Waals surface area contributed by atoms with Crippen LogP contribution in [0.5, 0.6) is 5.75 Å². The number of aromatic nitrogens is 2. The molecule has 2 N–H and O–H groups in total. The van der Waals surface area contributed by atoms with E-state index in [9.17, 15) is 4.79 Å². The van der Waals surface area contributed by atoms with Crippen molar-refractivity contribution in [2.24, 2.45) is 5.41 Å². The smallest absolute Gasteiger partial charge is 0.167 e. The van der Waals surface area contributed by atoms with Crippen LogP contribution in [0.4, 0.5) is 11.4 Å². The number of carbonyl (C=O) groups is 1. The molecular formula is C22H23N3O2. The SMILES string of the molecule is COc1ccc(Nc2c(-c3ccncc3)[nH]c3c2C(=O)CC(C)(C)C3)cc1. The van der Waals surface area contributed by atoms with Crippen molar-refractivity contribution in [1.29, 1.82) is 0 Å². The molecule has 0 fully saturated rings. The lowest BCUT2D eigenvalue weighted by molar-refractivity contribution is 0.0912. The molecule has 2 aromatic heterocycles. The maximum absolute atomic E-state index is 13.0. The van der Waals surface area contributed by atoms with Gasteiger partial charge in [0.1, 0.15) is 5.75 Å². The zero-order chi connectivity index (χ0) is 19.0. The van der Waals surface area contributed by atoms with E-state index in [1.807, 2.05) is 36.4 Å². The predicted molar refractivity (Wildman–Crippen MR) is 107 cm³/mol. The number of rotatable bonds is 4. The molecule has 27 heavy (non-hydrogen) atoms. The van der Waals surface area contributed by atoms with Crippen molar-refractivity contribution in [3.63, 3.8) is 0 Å². The Kier molecular flexibility index (Phi) is 4.22. The van der Waals surface area contributed by atoms with Gasteiger partial charge in [0.05, 0.1) is 24.1 Å². The van der Waals surface area contributed by atoms with E-state index in [4.69, 9.17) is 4.74 Å². The first-order valence-corrected chi connectivity index (χ1v) is 9.06. The molecule has 1 aliphatic rings. The van der Waals surface area contributed by atoms with E-state index in [2.05, 4.69) is 29.1 Å². The molecule has 0 saturated carbocycles. The number of hydrogen-bond acceptors (Lipinski definition) is 4. The van der Waals surface area contributed by atoms with Gasteiger partial charge in [0, 0.05) is 35.8 Å². The standard InChI is InChI=1S/C22H23N3O2/c1-22(2)12-17-19(18(26)13-22)21(20(25-17)14-8-10-23-11-9-14)24-15-4-6-16(27-3)7-5-15/h4-11,24-25H,12-13H2,1-3H3. The number of anilines is 2. The Hall–Kier alpha value is -3.08. The van der Waals surface area contributed by atoms with Gasteiger partial charge in [0.25, 0.3) is 0 Å². The van der Waals surface area contributed by atoms with Crippen molar-refractivity contribution in [2.75, 3.05) is 12.4 Å². The molecule has 5 heteroatoms. The summed E-state index contributed by atoms with van der Waals surface area (Å²) in [6.45, 7) is 4.27. The van der Waals surface area contributed by atoms with E-state index in [-0.39, 0.29) is 11.2 Å². The van der Waals surface area contributed by atoms with Gasteiger partial charge in [-0.2, -0.15) is 0 Å². The second kappa shape index (κ2) is 6.58. The highest BCUT2D eigenvalue weighted by molar-refractivity contribution is 6.07. The Morgan fingerprint density at radius 3 is 2.44 bits per heavy atom. The van der Waals surface area contributed by atoms with Gasteiger partial charge in [-0.05, 0) is 48.2 Å². The summed E-state index contributed by atoms with van der Waals surface area (Å²) in [7, 11) is 1.65. The molecule has 5 nitrogen and oxygen atoms in total. The Morgan fingerprint density at radius 1 is 1.07 bits per heavy atom. The van der Waals surface area contributed by atoms with Gasteiger partial charge in [0.2, 0.25) is 0 Å². The van der Waals surface area contributed by atoms with Crippen LogP contribution >= 0.6 is 0 Å². The van der Waals surface area contributed by atoms with Crippen molar-refractivity contribution in [2.45, 2.75) is 26.7 Å². The van der Waals surface area contributed by atoms with Crippen LogP contribution in [0.2, 0.25) is 0 Å². The van der Waals surface area contributed by atoms with Crippen LogP contribution in [0.15, 0.2) is 48.8 Å². The van der Waals surface area contributed by atoms with Gasteiger partial charge >= 0.3 is 0 Å². The average Bonchev–Trinajstić information content (AvgIpc) is 3.00. The molecule has 1 aromatic carbocycles. The Morgan fingerprint density at radius 2 is 1.78 bits per heavy atom. The van der Waals surface area contributed by atoms with Gasteiger partial charge in [-0.1, -0.05) is 13.8 Å². The van der Waals surface area contributed by atoms with Crippen LogP contribution in [0.3, 0.4) is 0 Å². The summed E-state index contributed by atoms with van der Waals surface area (Å²) in [5, 5.41) is 3.46. The second-order valence-electron chi connectivity index (χ2n) is 7.76. The number of nitrogens with one attached hydrogen (secondary N) is 2. The first-order valence-electron chi connectivity index (χ1n) is 9.06. The number of benzene rings is 1. The maximum atomic E-state index is 13.0. The molecule has 0 atom stereocenters. The lowest BCUT2D eigenvalue weighted by Crippen LogP contribution is -2.26. The van der Waals surface area contributed by atoms with E-state index in [1.165, 1.54) is 0 Å². The molecule has 0 aliphatic heterocycles. The number of ether oxygens (including phenoxy) is 1. The van der Waals surface area contributed by atoms with Crippen LogP contribution in [0, 0.1) is 5.41 Å². The van der Waals surface area contributed by atoms with E-state index < -0.39 is 0 Å². The molecule has 4 rings (SSSR count). The summed E-state index contributed by atoms with van der Waals surface area (Å²) < 4.78 is 5.23. The molecule has 0 unspecified atom stereocenters. The van der Waals surface area contributed by atoms with E-state index in [0.29, 0.717) is 6.42 Å². The highest BCUT2D eigenvalue weighted by Gasteiger charge is 2.35. The Labute approximate surface area is 158 Å². The summed E-state index contributed by atoms with van der Waals surface area (Å²) in [5.41, 5.74) is 5.40. The molecule has 0 bridgehead atoms. The van der Waals surface area contributed by atoms with Gasteiger partial charge in [-0.15, -0.1) is 0 Å². The largest absolute Gasteiger partial charge is 0.497 e. The average molecular weight is 361 g/mol. The Balaban J connectivity index is 1.83. The number of hydrogen-bond donors (Lipinski definition) is 2. The van der Waals surface area contributed by atoms with Crippen molar-refractivity contribution in [1.82, 2.24) is 9.97 Å². The normalized spacial score (nSPS) is 15.3. The zero-order valence-electron chi connectivity index (χ0n) is 15.8. The third-order valence-electron chi connectivity index (χ3n) is 4.98. The molecule has 3 aromatic rings. The van der Waals surface area contributed by atoms with Crippen molar-refractivity contribution in [3.05, 3.63) is 60.0 Å². The lowest BCUT2D eigenvalue weighted by atomic mass is 9.76. The third-order valence-corrected chi connectivity index (χ3v) is 4.98. The van der Waals surface area contributed by atoms with Crippen molar-refractivity contribution in [3.8, 4) is 17.0 Å². The first-order chi connectivity index (χ1) is 13.0. The summed E-state index contributed by atoms with van der Waals surface area (Å²) >= 11 is 0. The molecule has 1 aliphatic carbocycles. The van der Waals surface area contributed by atoms with Gasteiger partial charge in [0.15, 0.2) is 5.78 Å². The monoisotopic (exact) mass is 361 g/mol. The summed E-state index contributed by atoms with van der Waals surface area (Å²) in [4.78, 5) is 20.6. The van der Waals surface area contributed by atoms with Crippen LogP contribution in [-0.2, 0) is 6.42 Å². The number of methoxy groups -OCH3 is 1. The number of H-pyrrole nitrogens is 1. The number of aromatic amines is 1. The summed E-state index contributed by atoms with van der Waals surface area (Å²) in [5.74, 6) is 0.970.